The average Bonchev–Trinajstić information content (AvgIpc) is 3.21. The van der Waals surface area contributed by atoms with E-state index >= 15 is 0 Å². The van der Waals surface area contributed by atoms with Gasteiger partial charge in [0.05, 0.1) is 14.2 Å². The lowest BCUT2D eigenvalue weighted by Crippen LogP contribution is -2.42. The average molecular weight is 446 g/mol. The van der Waals surface area contributed by atoms with Gasteiger partial charge in [0.1, 0.15) is 29.1 Å². The highest BCUT2D eigenvalue weighted by molar-refractivity contribution is 5.86. The summed E-state index contributed by atoms with van der Waals surface area (Å²) in [5.41, 5.74) is 3.55. The SMILES string of the molecule is COc1ccc(OC(=O)N2CCc3c([nH]c4cc(F)ccc34)C2c2ccc(OC)cc2)cc1. The van der Waals surface area contributed by atoms with Gasteiger partial charge in [-0.05, 0) is 72.1 Å². The molecule has 0 bridgehead atoms. The van der Waals surface area contributed by atoms with Gasteiger partial charge in [-0.1, -0.05) is 12.1 Å². The minimum absolute atomic E-state index is 0.308. The van der Waals surface area contributed by atoms with Crippen molar-refractivity contribution in [2.75, 3.05) is 20.8 Å². The summed E-state index contributed by atoms with van der Waals surface area (Å²) in [6, 6.07) is 18.8. The minimum atomic E-state index is -0.462. The van der Waals surface area contributed by atoms with E-state index in [1.54, 1.807) is 49.5 Å². The Morgan fingerprint density at radius 3 is 2.24 bits per heavy atom. The summed E-state index contributed by atoms with van der Waals surface area (Å²) >= 11 is 0. The maximum Gasteiger partial charge on any atom is 0.416 e. The molecule has 1 N–H and O–H groups in total. The van der Waals surface area contributed by atoms with Crippen LogP contribution < -0.4 is 14.2 Å². The number of aromatic amines is 1. The first-order chi connectivity index (χ1) is 16.1. The Kier molecular flexibility index (Phi) is 5.38. The van der Waals surface area contributed by atoms with Crippen LogP contribution in [0.4, 0.5) is 9.18 Å². The van der Waals surface area contributed by atoms with Crippen molar-refractivity contribution in [2.24, 2.45) is 0 Å². The van der Waals surface area contributed by atoms with E-state index in [0.717, 1.165) is 28.0 Å². The molecule has 1 unspecified atom stereocenters. The summed E-state index contributed by atoms with van der Waals surface area (Å²) in [5, 5.41) is 0.966. The Morgan fingerprint density at radius 1 is 0.939 bits per heavy atom. The van der Waals surface area contributed by atoms with E-state index in [9.17, 15) is 9.18 Å². The molecule has 0 aliphatic carbocycles. The number of fused-ring (bicyclic) bond motifs is 3. The molecular formula is C26H23FN2O4. The van der Waals surface area contributed by atoms with Crippen LogP contribution in [0.15, 0.2) is 66.7 Å². The van der Waals surface area contributed by atoms with Gasteiger partial charge in [-0.15, -0.1) is 0 Å². The number of halogens is 1. The number of carbonyl (C=O) groups is 1. The molecule has 1 aliphatic rings. The summed E-state index contributed by atoms with van der Waals surface area (Å²) in [7, 11) is 3.19. The highest BCUT2D eigenvalue weighted by Gasteiger charge is 2.35. The van der Waals surface area contributed by atoms with Crippen LogP contribution in [-0.2, 0) is 6.42 Å². The van der Waals surface area contributed by atoms with Crippen LogP contribution in [0.5, 0.6) is 17.2 Å². The normalized spacial score (nSPS) is 15.2. The molecule has 0 saturated carbocycles. The number of carbonyl (C=O) groups excluding carboxylic acids is 1. The third-order valence-corrected chi connectivity index (χ3v) is 6.02. The molecule has 3 aromatic carbocycles. The molecule has 2 heterocycles. The first-order valence-electron chi connectivity index (χ1n) is 10.6. The fraction of sp³-hybridized carbons (Fsp3) is 0.192. The van der Waals surface area contributed by atoms with Gasteiger partial charge in [-0.2, -0.15) is 0 Å². The molecule has 7 heteroatoms. The van der Waals surface area contributed by atoms with E-state index in [1.165, 1.54) is 12.1 Å². The van der Waals surface area contributed by atoms with E-state index in [2.05, 4.69) is 4.98 Å². The Hall–Kier alpha value is -4.00. The van der Waals surface area contributed by atoms with E-state index in [4.69, 9.17) is 14.2 Å². The molecule has 0 saturated heterocycles. The molecule has 4 aromatic rings. The zero-order chi connectivity index (χ0) is 22.9. The predicted octanol–water partition coefficient (Wildman–Crippen LogP) is 5.47. The molecule has 1 amide bonds. The zero-order valence-electron chi connectivity index (χ0n) is 18.3. The monoisotopic (exact) mass is 446 g/mol. The molecule has 5 rings (SSSR count). The van der Waals surface area contributed by atoms with Gasteiger partial charge in [0.25, 0.3) is 0 Å². The second-order valence-corrected chi connectivity index (χ2v) is 7.87. The molecular weight excluding hydrogens is 423 g/mol. The second-order valence-electron chi connectivity index (χ2n) is 7.87. The predicted molar refractivity (Wildman–Crippen MR) is 123 cm³/mol. The van der Waals surface area contributed by atoms with Crippen molar-refractivity contribution in [3.8, 4) is 17.2 Å². The molecule has 0 spiro atoms. The van der Waals surface area contributed by atoms with E-state index in [-0.39, 0.29) is 5.82 Å². The number of aromatic nitrogens is 1. The Morgan fingerprint density at radius 2 is 1.58 bits per heavy atom. The quantitative estimate of drug-likeness (QED) is 0.452. The van der Waals surface area contributed by atoms with Crippen molar-refractivity contribution in [3.63, 3.8) is 0 Å². The van der Waals surface area contributed by atoms with Crippen molar-refractivity contribution < 1.29 is 23.4 Å². The summed E-state index contributed by atoms with van der Waals surface area (Å²) in [4.78, 5) is 18.3. The lowest BCUT2D eigenvalue weighted by atomic mass is 9.92. The van der Waals surface area contributed by atoms with Gasteiger partial charge >= 0.3 is 6.09 Å². The smallest absolute Gasteiger partial charge is 0.416 e. The van der Waals surface area contributed by atoms with E-state index in [0.29, 0.717) is 30.0 Å². The first kappa shape index (κ1) is 20.9. The van der Waals surface area contributed by atoms with Gasteiger partial charge in [-0.25, -0.2) is 9.18 Å². The molecule has 168 valence electrons. The number of benzene rings is 3. The largest absolute Gasteiger partial charge is 0.497 e. The topological polar surface area (TPSA) is 63.8 Å². The summed E-state index contributed by atoms with van der Waals surface area (Å²) < 4.78 is 30.0. The number of H-pyrrole nitrogens is 1. The molecule has 1 aliphatic heterocycles. The number of amides is 1. The van der Waals surface area contributed by atoms with Gasteiger partial charge in [0.15, 0.2) is 0 Å². The van der Waals surface area contributed by atoms with Crippen molar-refractivity contribution in [2.45, 2.75) is 12.5 Å². The van der Waals surface area contributed by atoms with Crippen molar-refractivity contribution in [1.82, 2.24) is 9.88 Å². The van der Waals surface area contributed by atoms with Crippen LogP contribution in [0, 0.1) is 5.82 Å². The molecule has 6 nitrogen and oxygen atoms in total. The van der Waals surface area contributed by atoms with Crippen LogP contribution in [-0.4, -0.2) is 36.7 Å². The van der Waals surface area contributed by atoms with Crippen LogP contribution in [0.25, 0.3) is 10.9 Å². The van der Waals surface area contributed by atoms with Crippen molar-refractivity contribution >= 4 is 17.0 Å². The van der Waals surface area contributed by atoms with Gasteiger partial charge in [-0.3, -0.25) is 4.90 Å². The van der Waals surface area contributed by atoms with Gasteiger partial charge in [0.2, 0.25) is 0 Å². The lowest BCUT2D eigenvalue weighted by Gasteiger charge is -2.35. The third kappa shape index (κ3) is 3.86. The lowest BCUT2D eigenvalue weighted by molar-refractivity contribution is 0.135. The number of methoxy groups -OCH3 is 2. The van der Waals surface area contributed by atoms with Gasteiger partial charge in [0, 0.05) is 23.1 Å². The summed E-state index contributed by atoms with van der Waals surface area (Å²) in [6.45, 7) is 0.461. The van der Waals surface area contributed by atoms with E-state index < -0.39 is 12.1 Å². The van der Waals surface area contributed by atoms with Crippen LogP contribution in [0.1, 0.15) is 22.9 Å². The molecule has 1 aromatic heterocycles. The molecule has 33 heavy (non-hydrogen) atoms. The zero-order valence-corrected chi connectivity index (χ0v) is 18.3. The standard InChI is InChI=1S/C26H23FN2O4/c1-31-18-6-3-16(4-7-18)25-24-22(21-12-5-17(27)15-23(21)28-24)13-14-29(25)26(30)33-20-10-8-19(32-2)9-11-20/h3-12,15,25,28H,13-14H2,1-2H3. The van der Waals surface area contributed by atoms with Crippen LogP contribution in [0.3, 0.4) is 0 Å². The summed E-state index contributed by atoms with van der Waals surface area (Å²) in [5.74, 6) is 1.52. The highest BCUT2D eigenvalue weighted by Crippen LogP contribution is 2.39. The van der Waals surface area contributed by atoms with Crippen molar-refractivity contribution in [3.05, 3.63) is 89.4 Å². The number of ether oxygens (including phenoxy) is 3. The summed E-state index contributed by atoms with van der Waals surface area (Å²) in [6.07, 6.45) is 0.169. The Bertz CT molecular complexity index is 1300. The Balaban J connectivity index is 1.54. The first-order valence-corrected chi connectivity index (χ1v) is 10.6. The number of rotatable bonds is 4. The van der Waals surface area contributed by atoms with E-state index in [1.807, 2.05) is 24.3 Å². The maximum atomic E-state index is 13.9. The number of hydrogen-bond acceptors (Lipinski definition) is 4. The molecule has 1 atom stereocenters. The van der Waals surface area contributed by atoms with Crippen LogP contribution in [0.2, 0.25) is 0 Å². The van der Waals surface area contributed by atoms with Crippen molar-refractivity contribution in [1.29, 1.82) is 0 Å². The molecule has 0 fully saturated rings. The number of nitrogens with zero attached hydrogens (tertiary/aromatic N) is 1. The fourth-order valence-electron chi connectivity index (χ4n) is 4.40. The second kappa shape index (κ2) is 8.50. The van der Waals surface area contributed by atoms with Crippen LogP contribution >= 0.6 is 0 Å². The number of nitrogens with one attached hydrogen (secondary N) is 1. The minimum Gasteiger partial charge on any atom is -0.497 e. The fourth-order valence-corrected chi connectivity index (χ4v) is 4.40. The highest BCUT2D eigenvalue weighted by atomic mass is 19.1. The molecule has 0 radical (unpaired) electrons. The Labute approximate surface area is 190 Å². The number of hydrogen-bond donors (Lipinski definition) is 1. The van der Waals surface area contributed by atoms with Gasteiger partial charge < -0.3 is 19.2 Å². The third-order valence-electron chi connectivity index (χ3n) is 6.02. The maximum absolute atomic E-state index is 13.9.